The number of hydrogen-bond donors (Lipinski definition) is 4. The van der Waals surface area contributed by atoms with Crippen molar-refractivity contribution in [3.63, 3.8) is 0 Å². The highest BCUT2D eigenvalue weighted by Crippen LogP contribution is 2.29. The van der Waals surface area contributed by atoms with E-state index in [1.165, 1.54) is 13.2 Å². The van der Waals surface area contributed by atoms with E-state index in [0.717, 1.165) is 24.3 Å². The van der Waals surface area contributed by atoms with Crippen LogP contribution in [0.3, 0.4) is 0 Å². The van der Waals surface area contributed by atoms with Crippen molar-refractivity contribution in [2.24, 2.45) is 0 Å². The first kappa shape index (κ1) is 40.4. The Bertz CT molecular complexity index is 1820. The topological polar surface area (TPSA) is 217 Å². The Hall–Kier alpha value is -5.07. The number of amides is 1. The number of carbonyl (C=O) groups is 5. The van der Waals surface area contributed by atoms with Crippen LogP contribution < -0.4 is 15.4 Å². The first-order valence-electron chi connectivity index (χ1n) is 15.2. The molecule has 0 bridgehead atoms. The summed E-state index contributed by atoms with van der Waals surface area (Å²) in [6.45, 7) is 2.15. The average Bonchev–Trinajstić information content (AvgIpc) is 3.57. The lowest BCUT2D eigenvalue weighted by molar-refractivity contribution is -0.152. The quantitative estimate of drug-likeness (QED) is 0.0560. The number of anilines is 1. The van der Waals surface area contributed by atoms with Crippen molar-refractivity contribution in [2.75, 3.05) is 18.7 Å². The molecular weight excluding hydrogens is 724 g/mol. The van der Waals surface area contributed by atoms with Gasteiger partial charge in [0.1, 0.15) is 28.9 Å². The maximum Gasteiger partial charge on any atom is 0.424 e. The summed E-state index contributed by atoms with van der Waals surface area (Å²) in [6.07, 6.45) is 0.0593. The molecule has 0 radical (unpaired) electrons. The second kappa shape index (κ2) is 18.8. The summed E-state index contributed by atoms with van der Waals surface area (Å²) < 4.78 is 73.5. The number of ketones is 1. The molecule has 0 fully saturated rings. The Morgan fingerprint density at radius 2 is 1.59 bits per heavy atom. The maximum atomic E-state index is 13.4. The van der Waals surface area contributed by atoms with Crippen molar-refractivity contribution in [3.8, 4) is 0 Å². The van der Waals surface area contributed by atoms with Gasteiger partial charge in [0.2, 0.25) is 6.79 Å². The van der Waals surface area contributed by atoms with Crippen LogP contribution in [0.4, 0.5) is 19.3 Å². The van der Waals surface area contributed by atoms with Crippen molar-refractivity contribution in [3.05, 3.63) is 82.3 Å². The lowest BCUT2D eigenvalue weighted by Gasteiger charge is -2.19. The smallest absolute Gasteiger partial charge is 0.424 e. The molecule has 0 aliphatic carbocycles. The van der Waals surface area contributed by atoms with Gasteiger partial charge in [-0.3, -0.25) is 14.4 Å². The fourth-order valence-electron chi connectivity index (χ4n) is 4.42. The molecule has 0 aliphatic heterocycles. The molecule has 1 heterocycles. The monoisotopic (exact) mass is 757 g/mol. The Kier molecular flexibility index (Phi) is 14.9. The minimum Gasteiger partial charge on any atom is -0.478 e. The number of carbonyl (C=O) groups excluding carboxylic acids is 4. The molecule has 0 spiro atoms. The molecule has 3 rings (SSSR count). The molecular formula is C32H34ClF2N3O12S. The van der Waals surface area contributed by atoms with Gasteiger partial charge >= 0.3 is 24.0 Å². The van der Waals surface area contributed by atoms with Crippen LogP contribution in [0.5, 0.6) is 0 Å². The minimum absolute atomic E-state index is 0.0133. The third kappa shape index (κ3) is 13.0. The predicted octanol–water partition coefficient (Wildman–Crippen LogP) is 4.79. The molecule has 276 valence electrons. The molecule has 4 N–H and O–H groups in total. The van der Waals surface area contributed by atoms with Crippen LogP contribution >= 0.6 is 11.6 Å². The van der Waals surface area contributed by atoms with Crippen LogP contribution in [0.2, 0.25) is 5.02 Å². The summed E-state index contributed by atoms with van der Waals surface area (Å²) in [5.74, 6) is -4.73. The van der Waals surface area contributed by atoms with Crippen molar-refractivity contribution in [1.82, 2.24) is 10.0 Å². The van der Waals surface area contributed by atoms with E-state index < -0.39 is 85.8 Å². The molecule has 19 heteroatoms. The molecule has 2 aromatic carbocycles. The lowest BCUT2D eigenvalue weighted by Crippen LogP contribution is -2.42. The molecule has 15 nitrogen and oxygen atoms in total. The second-order valence-corrected chi connectivity index (χ2v) is 13.0. The highest BCUT2D eigenvalue weighted by atomic mass is 35.5. The number of aromatic carboxylic acids is 1. The highest BCUT2D eigenvalue weighted by molar-refractivity contribution is 7.90. The largest absolute Gasteiger partial charge is 0.478 e. The van der Waals surface area contributed by atoms with Gasteiger partial charge in [-0.1, -0.05) is 11.6 Å². The van der Waals surface area contributed by atoms with Gasteiger partial charge in [0.25, 0.3) is 10.0 Å². The second-order valence-electron chi connectivity index (χ2n) is 10.9. The molecule has 1 unspecified atom stereocenters. The predicted molar refractivity (Wildman–Crippen MR) is 174 cm³/mol. The van der Waals surface area contributed by atoms with Crippen LogP contribution in [-0.2, 0) is 40.4 Å². The zero-order valence-electron chi connectivity index (χ0n) is 27.2. The van der Waals surface area contributed by atoms with Crippen molar-refractivity contribution in [2.45, 2.75) is 63.1 Å². The molecule has 0 saturated carbocycles. The van der Waals surface area contributed by atoms with Gasteiger partial charge in [-0.2, -0.15) is 0 Å². The third-order valence-electron chi connectivity index (χ3n) is 6.83. The van der Waals surface area contributed by atoms with Crippen molar-refractivity contribution in [1.29, 1.82) is 0 Å². The zero-order valence-corrected chi connectivity index (χ0v) is 28.8. The standard InChI is InChI=1S/C32H34ClF2N3O12S/c1-18(37-19(2)30(41)20-10-21(34)12-22(35)11-20)16-48-28(39)7-3-4-8-29(40)49-17-50-32(44)38-51(45,46)27-13-24(31(42)43)26(14-25(27)33)36-15-23-6-5-9-47-23/h5-6,9-14,18-19,36-37H,3-4,7-8,15-17H2,1-2H3,(H,38,44)(H,42,43)/t18?,19-/m1/s1. The number of halogens is 3. The third-order valence-corrected chi connectivity index (χ3v) is 8.61. The van der Waals surface area contributed by atoms with E-state index >= 15 is 0 Å². The Balaban J connectivity index is 1.34. The van der Waals surface area contributed by atoms with Gasteiger partial charge in [-0.15, -0.1) is 0 Å². The first-order valence-corrected chi connectivity index (χ1v) is 17.0. The Morgan fingerprint density at radius 3 is 2.20 bits per heavy atom. The van der Waals surface area contributed by atoms with E-state index in [2.05, 4.69) is 15.4 Å². The van der Waals surface area contributed by atoms with E-state index in [1.807, 2.05) is 0 Å². The first-order chi connectivity index (χ1) is 24.0. The summed E-state index contributed by atoms with van der Waals surface area (Å²) in [5, 5.41) is 14.8. The molecule has 3 aromatic rings. The van der Waals surface area contributed by atoms with Crippen LogP contribution in [0.15, 0.2) is 58.0 Å². The van der Waals surface area contributed by atoms with Crippen LogP contribution in [0.1, 0.15) is 66.0 Å². The zero-order chi connectivity index (χ0) is 37.7. The van der Waals surface area contributed by atoms with E-state index in [9.17, 15) is 46.3 Å². The van der Waals surface area contributed by atoms with Gasteiger partial charge < -0.3 is 34.4 Å². The SMILES string of the molecule is CC(COC(=O)CCCCC(=O)OCOC(=O)NS(=O)(=O)c1cc(C(=O)O)c(NCc2ccco2)cc1Cl)N[C@H](C)C(=O)c1cc(F)cc(F)c1. The average molecular weight is 758 g/mol. The number of furan rings is 1. The van der Waals surface area contributed by atoms with Crippen LogP contribution in [0.25, 0.3) is 0 Å². The Morgan fingerprint density at radius 1 is 0.941 bits per heavy atom. The number of nitrogens with one attached hydrogen (secondary N) is 3. The maximum absolute atomic E-state index is 13.4. The van der Waals surface area contributed by atoms with E-state index in [-0.39, 0.29) is 50.1 Å². The number of sulfonamides is 1. The van der Waals surface area contributed by atoms with Gasteiger partial charge in [0.15, 0.2) is 5.78 Å². The molecule has 0 aliphatic rings. The molecule has 51 heavy (non-hydrogen) atoms. The molecule has 1 aromatic heterocycles. The summed E-state index contributed by atoms with van der Waals surface area (Å²) in [7, 11) is -4.73. The van der Waals surface area contributed by atoms with Crippen molar-refractivity contribution < 1.29 is 64.9 Å². The van der Waals surface area contributed by atoms with E-state index in [4.69, 9.17) is 25.5 Å². The molecule has 2 atom stereocenters. The number of Topliss-reactive ketones (excluding diaryl/α,β-unsaturated/α-hetero) is 1. The van der Waals surface area contributed by atoms with Crippen LogP contribution in [0, 0.1) is 11.6 Å². The number of hydrogen-bond acceptors (Lipinski definition) is 13. The van der Waals surface area contributed by atoms with Crippen molar-refractivity contribution >= 4 is 57.1 Å². The van der Waals surface area contributed by atoms with Crippen LogP contribution in [-0.4, -0.2) is 68.8 Å². The minimum atomic E-state index is -4.73. The number of ether oxygens (including phenoxy) is 3. The summed E-state index contributed by atoms with van der Waals surface area (Å²) in [5.41, 5.74) is -0.621. The number of carboxylic acid groups (broad SMARTS) is 1. The van der Waals surface area contributed by atoms with Gasteiger partial charge in [0.05, 0.1) is 35.1 Å². The fraction of sp³-hybridized carbons (Fsp3) is 0.344. The summed E-state index contributed by atoms with van der Waals surface area (Å²) >= 11 is 6.09. The highest BCUT2D eigenvalue weighted by Gasteiger charge is 2.26. The van der Waals surface area contributed by atoms with Gasteiger partial charge in [0, 0.05) is 30.5 Å². The summed E-state index contributed by atoms with van der Waals surface area (Å²) in [4.78, 5) is 59.6. The Labute approximate surface area is 295 Å². The lowest BCUT2D eigenvalue weighted by atomic mass is 10.0. The molecule has 1 amide bonds. The fourth-order valence-corrected chi connectivity index (χ4v) is 5.86. The van der Waals surface area contributed by atoms with E-state index in [1.54, 1.807) is 23.8 Å². The number of benzene rings is 2. The number of esters is 2. The number of unbranched alkanes of at least 4 members (excludes halogenated alkanes) is 1. The van der Waals surface area contributed by atoms with E-state index in [0.29, 0.717) is 11.8 Å². The molecule has 0 saturated heterocycles. The normalized spacial score (nSPS) is 12.3. The van der Waals surface area contributed by atoms with Gasteiger partial charge in [-0.05, 0) is 63.1 Å². The summed E-state index contributed by atoms with van der Waals surface area (Å²) in [6, 6.07) is 6.25. The number of rotatable bonds is 19. The van der Waals surface area contributed by atoms with Gasteiger partial charge in [-0.25, -0.2) is 31.5 Å². The number of carboxylic acids is 1.